The van der Waals surface area contributed by atoms with Gasteiger partial charge in [-0.15, -0.1) is 0 Å². The highest BCUT2D eigenvalue weighted by Crippen LogP contribution is 2.21. The molecule has 0 saturated carbocycles. The first-order chi connectivity index (χ1) is 11.6. The molecule has 1 N–H and O–H groups in total. The van der Waals surface area contributed by atoms with Gasteiger partial charge in [0, 0.05) is 18.2 Å². The monoisotopic (exact) mass is 347 g/mol. The van der Waals surface area contributed by atoms with Gasteiger partial charge in [0.25, 0.3) is 5.91 Å². The van der Waals surface area contributed by atoms with Crippen molar-refractivity contribution in [3.63, 3.8) is 0 Å². The minimum absolute atomic E-state index is 0.315. The molecule has 0 aliphatic heterocycles. The number of benzene rings is 1. The van der Waals surface area contributed by atoms with Gasteiger partial charge in [0.2, 0.25) is 0 Å². The summed E-state index contributed by atoms with van der Waals surface area (Å²) in [4.78, 5) is 17.0. The van der Waals surface area contributed by atoms with Crippen molar-refractivity contribution in [1.82, 2.24) is 15.3 Å². The summed E-state index contributed by atoms with van der Waals surface area (Å²) in [7, 11) is 0. The predicted molar refractivity (Wildman–Crippen MR) is 95.3 cm³/mol. The quantitative estimate of drug-likeness (QED) is 0.582. The zero-order chi connectivity index (χ0) is 17.4. The van der Waals surface area contributed by atoms with E-state index in [-0.39, 0.29) is 5.91 Å². The van der Waals surface area contributed by atoms with Crippen molar-refractivity contribution in [2.45, 2.75) is 39.8 Å². The van der Waals surface area contributed by atoms with Crippen LogP contribution in [0, 0.1) is 6.92 Å². The highest BCUT2D eigenvalue weighted by Gasteiger charge is 2.10. The number of amides is 1. The Morgan fingerprint density at radius 3 is 2.83 bits per heavy atom. The van der Waals surface area contributed by atoms with Gasteiger partial charge in [-0.05, 0) is 25.0 Å². The van der Waals surface area contributed by atoms with E-state index >= 15 is 0 Å². The molecule has 0 aliphatic carbocycles. The van der Waals surface area contributed by atoms with Crippen LogP contribution in [-0.4, -0.2) is 15.7 Å². The number of carbonyl (C=O) groups is 1. The Morgan fingerprint density at radius 1 is 1.38 bits per heavy atom. The molecule has 1 heterocycles. The second kappa shape index (κ2) is 9.25. The molecule has 5 nitrogen and oxygen atoms in total. The zero-order valence-electron chi connectivity index (χ0n) is 14.0. The summed E-state index contributed by atoms with van der Waals surface area (Å²) >= 11 is 6.32. The van der Waals surface area contributed by atoms with Crippen LogP contribution in [0.2, 0.25) is 5.15 Å². The van der Waals surface area contributed by atoms with E-state index in [9.17, 15) is 4.79 Å². The van der Waals surface area contributed by atoms with Gasteiger partial charge >= 0.3 is 0 Å². The van der Waals surface area contributed by atoms with Crippen LogP contribution in [0.4, 0.5) is 0 Å². The number of nitrogens with one attached hydrogen (secondary N) is 1. The first-order valence-corrected chi connectivity index (χ1v) is 8.36. The van der Waals surface area contributed by atoms with Crippen molar-refractivity contribution in [3.05, 3.63) is 58.4 Å². The average molecular weight is 348 g/mol. The number of aryl methyl sites for hydroxylation is 2. The number of hydrogen-bond acceptors (Lipinski definition) is 3. The van der Waals surface area contributed by atoms with E-state index in [4.69, 9.17) is 16.4 Å². The van der Waals surface area contributed by atoms with Crippen molar-refractivity contribution in [2.24, 2.45) is 0 Å². The molecule has 6 heteroatoms. The Labute approximate surface area is 147 Å². The zero-order valence-corrected chi connectivity index (χ0v) is 14.7. The van der Waals surface area contributed by atoms with Gasteiger partial charge in [-0.3, -0.25) is 14.3 Å². The highest BCUT2D eigenvalue weighted by molar-refractivity contribution is 6.31. The maximum absolute atomic E-state index is 11.8. The Hall–Kier alpha value is -2.11. The Kier molecular flexibility index (Phi) is 7.03. The molecule has 0 aliphatic rings. The first kappa shape index (κ1) is 18.2. The van der Waals surface area contributed by atoms with E-state index in [2.05, 4.69) is 17.5 Å². The van der Waals surface area contributed by atoms with Crippen LogP contribution in [0.15, 0.2) is 36.4 Å². The van der Waals surface area contributed by atoms with Crippen LogP contribution in [0.3, 0.4) is 0 Å². The molecule has 24 heavy (non-hydrogen) atoms. The van der Waals surface area contributed by atoms with Gasteiger partial charge in [-0.1, -0.05) is 55.3 Å². The molecule has 1 aromatic carbocycles. The maximum atomic E-state index is 11.8. The van der Waals surface area contributed by atoms with Crippen LogP contribution < -0.4 is 5.48 Å². The average Bonchev–Trinajstić information content (AvgIpc) is 2.85. The molecule has 0 unspecified atom stereocenters. The molecule has 0 radical (unpaired) electrons. The maximum Gasteiger partial charge on any atom is 0.267 e. The van der Waals surface area contributed by atoms with Gasteiger partial charge in [-0.25, -0.2) is 5.48 Å². The second-order valence-corrected chi connectivity index (χ2v) is 5.80. The molecule has 128 valence electrons. The summed E-state index contributed by atoms with van der Waals surface area (Å²) in [5, 5.41) is 4.95. The number of aromatic nitrogens is 2. The minimum atomic E-state index is -0.345. The van der Waals surface area contributed by atoms with Crippen LogP contribution in [-0.2, 0) is 22.8 Å². The van der Waals surface area contributed by atoms with Gasteiger partial charge in [-0.2, -0.15) is 5.10 Å². The van der Waals surface area contributed by atoms with E-state index in [1.165, 1.54) is 6.08 Å². The SMILES string of the molecule is CCCCn1nc(C)c(C=CC(=O)NOCc2ccccc2)c1Cl. The number of hydrogen-bond donors (Lipinski definition) is 1. The predicted octanol–water partition coefficient (Wildman–Crippen LogP) is 3.91. The number of hydroxylamine groups is 1. The molecule has 1 amide bonds. The highest BCUT2D eigenvalue weighted by atomic mass is 35.5. The fourth-order valence-electron chi connectivity index (χ4n) is 2.17. The third-order valence-corrected chi connectivity index (χ3v) is 3.89. The van der Waals surface area contributed by atoms with Crippen molar-refractivity contribution in [2.75, 3.05) is 0 Å². The minimum Gasteiger partial charge on any atom is -0.269 e. The van der Waals surface area contributed by atoms with Crippen molar-refractivity contribution < 1.29 is 9.63 Å². The summed E-state index contributed by atoms with van der Waals surface area (Å²) < 4.78 is 1.77. The summed E-state index contributed by atoms with van der Waals surface area (Å²) in [5.41, 5.74) is 4.92. The first-order valence-electron chi connectivity index (χ1n) is 7.98. The van der Waals surface area contributed by atoms with Crippen LogP contribution in [0.1, 0.15) is 36.6 Å². The Morgan fingerprint density at radius 2 is 2.12 bits per heavy atom. The van der Waals surface area contributed by atoms with E-state index in [0.29, 0.717) is 11.8 Å². The molecule has 2 aromatic rings. The normalized spacial score (nSPS) is 11.1. The molecular weight excluding hydrogens is 326 g/mol. The number of carbonyl (C=O) groups excluding carboxylic acids is 1. The Balaban J connectivity index is 1.88. The molecule has 0 saturated heterocycles. The fourth-order valence-corrected chi connectivity index (χ4v) is 2.49. The van der Waals surface area contributed by atoms with E-state index < -0.39 is 0 Å². The van der Waals surface area contributed by atoms with Crippen molar-refractivity contribution in [1.29, 1.82) is 0 Å². The topological polar surface area (TPSA) is 56.2 Å². The number of rotatable bonds is 8. The van der Waals surface area contributed by atoms with E-state index in [0.717, 1.165) is 36.2 Å². The molecular formula is C18H22ClN3O2. The largest absolute Gasteiger partial charge is 0.269 e. The summed E-state index contributed by atoms with van der Waals surface area (Å²) in [6.45, 7) is 5.08. The van der Waals surface area contributed by atoms with Crippen molar-refractivity contribution >= 4 is 23.6 Å². The van der Waals surface area contributed by atoms with Crippen LogP contribution in [0.25, 0.3) is 6.08 Å². The van der Waals surface area contributed by atoms with Crippen molar-refractivity contribution in [3.8, 4) is 0 Å². The number of nitrogens with zero attached hydrogens (tertiary/aromatic N) is 2. The molecule has 0 fully saturated rings. The third kappa shape index (κ3) is 5.22. The van der Waals surface area contributed by atoms with Crippen LogP contribution in [0.5, 0.6) is 0 Å². The molecule has 2 rings (SSSR count). The summed E-state index contributed by atoms with van der Waals surface area (Å²) in [6.07, 6.45) is 5.14. The lowest BCUT2D eigenvalue weighted by molar-refractivity contribution is -0.129. The third-order valence-electron chi connectivity index (χ3n) is 3.49. The molecule has 0 atom stereocenters. The lowest BCUT2D eigenvalue weighted by atomic mass is 10.2. The van der Waals surface area contributed by atoms with Gasteiger partial charge in [0.15, 0.2) is 0 Å². The second-order valence-electron chi connectivity index (χ2n) is 5.44. The van der Waals surface area contributed by atoms with Gasteiger partial charge in [0.1, 0.15) is 5.15 Å². The molecule has 0 bridgehead atoms. The molecule has 1 aromatic heterocycles. The Bertz CT molecular complexity index is 696. The summed E-state index contributed by atoms with van der Waals surface area (Å²) in [5.74, 6) is -0.345. The van der Waals surface area contributed by atoms with Gasteiger partial charge in [0.05, 0.1) is 12.3 Å². The van der Waals surface area contributed by atoms with Crippen LogP contribution >= 0.6 is 11.6 Å². The smallest absolute Gasteiger partial charge is 0.267 e. The van der Waals surface area contributed by atoms with E-state index in [1.807, 2.05) is 37.3 Å². The fraction of sp³-hybridized carbons (Fsp3) is 0.333. The van der Waals surface area contributed by atoms with E-state index in [1.54, 1.807) is 10.8 Å². The standard InChI is InChI=1S/C18H22ClN3O2/c1-3-4-12-22-18(19)16(14(2)20-22)10-11-17(23)21-24-13-15-8-6-5-7-9-15/h5-11H,3-4,12-13H2,1-2H3,(H,21,23). The van der Waals surface area contributed by atoms with Gasteiger partial charge < -0.3 is 0 Å². The molecule has 0 spiro atoms. The lowest BCUT2D eigenvalue weighted by Gasteiger charge is -2.03. The number of halogens is 1. The summed E-state index contributed by atoms with van der Waals surface area (Å²) in [6, 6.07) is 9.62. The lowest BCUT2D eigenvalue weighted by Crippen LogP contribution is -2.21. The number of unbranched alkanes of at least 4 members (excludes halogenated alkanes) is 1.